The molecule has 0 saturated heterocycles. The molecule has 0 bridgehead atoms. The Morgan fingerprint density at radius 2 is 1.76 bits per heavy atom. The molecule has 4 heteroatoms. The number of benzene rings is 1. The van der Waals surface area contributed by atoms with Crippen molar-refractivity contribution >= 4 is 0 Å². The molecule has 0 aromatic heterocycles. The molecular formula is C13H17F2NO. The molecule has 0 spiro atoms. The van der Waals surface area contributed by atoms with Crippen LogP contribution in [0, 0.1) is 11.6 Å². The van der Waals surface area contributed by atoms with Gasteiger partial charge >= 0.3 is 0 Å². The normalized spacial score (nSPS) is 16.4. The zero-order chi connectivity index (χ0) is 12.1. The lowest BCUT2D eigenvalue weighted by Gasteiger charge is -2.12. The van der Waals surface area contributed by atoms with E-state index in [1.165, 1.54) is 37.8 Å². The topological polar surface area (TPSA) is 21.3 Å². The Morgan fingerprint density at radius 1 is 1.12 bits per heavy atom. The fourth-order valence-corrected chi connectivity index (χ4v) is 2.17. The van der Waals surface area contributed by atoms with Gasteiger partial charge in [-0.15, -0.1) is 0 Å². The number of nitrogens with one attached hydrogen (secondary N) is 1. The first-order chi connectivity index (χ1) is 8.24. The molecule has 1 aromatic carbocycles. The quantitative estimate of drug-likeness (QED) is 0.800. The van der Waals surface area contributed by atoms with Crippen LogP contribution in [0.4, 0.5) is 8.78 Å². The van der Waals surface area contributed by atoms with E-state index in [0.29, 0.717) is 19.2 Å². The van der Waals surface area contributed by atoms with Crippen LogP contribution in [0.5, 0.6) is 5.75 Å². The van der Waals surface area contributed by atoms with Crippen molar-refractivity contribution in [2.45, 2.75) is 31.7 Å². The van der Waals surface area contributed by atoms with Crippen LogP contribution in [0.1, 0.15) is 25.7 Å². The molecule has 1 aliphatic rings. The summed E-state index contributed by atoms with van der Waals surface area (Å²) >= 11 is 0. The van der Waals surface area contributed by atoms with Crippen molar-refractivity contribution in [3.63, 3.8) is 0 Å². The maximum Gasteiger partial charge on any atom is 0.129 e. The second-order valence-electron chi connectivity index (χ2n) is 4.39. The number of hydrogen-bond donors (Lipinski definition) is 1. The minimum absolute atomic E-state index is 0.246. The molecule has 2 nitrogen and oxygen atoms in total. The van der Waals surface area contributed by atoms with Gasteiger partial charge in [-0.3, -0.25) is 0 Å². The lowest BCUT2D eigenvalue weighted by atomic mass is 10.2. The summed E-state index contributed by atoms with van der Waals surface area (Å²) in [6.45, 7) is 1.14. The van der Waals surface area contributed by atoms with Gasteiger partial charge in [-0.05, 0) is 12.8 Å². The molecule has 1 aromatic rings. The number of hydrogen-bond acceptors (Lipinski definition) is 2. The van der Waals surface area contributed by atoms with Gasteiger partial charge in [0, 0.05) is 30.8 Å². The molecule has 0 heterocycles. The van der Waals surface area contributed by atoms with Crippen molar-refractivity contribution in [3.05, 3.63) is 29.8 Å². The van der Waals surface area contributed by atoms with Crippen molar-refractivity contribution in [1.82, 2.24) is 5.32 Å². The van der Waals surface area contributed by atoms with Gasteiger partial charge in [0.05, 0.1) is 0 Å². The van der Waals surface area contributed by atoms with Crippen LogP contribution in [0.25, 0.3) is 0 Å². The van der Waals surface area contributed by atoms with Crippen LogP contribution in [0.15, 0.2) is 18.2 Å². The van der Waals surface area contributed by atoms with Crippen molar-refractivity contribution in [2.75, 3.05) is 13.2 Å². The van der Waals surface area contributed by atoms with Crippen molar-refractivity contribution < 1.29 is 13.5 Å². The molecular weight excluding hydrogens is 224 g/mol. The van der Waals surface area contributed by atoms with E-state index in [1.54, 1.807) is 0 Å². The Kier molecular flexibility index (Phi) is 4.31. The van der Waals surface area contributed by atoms with Crippen LogP contribution in [0.2, 0.25) is 0 Å². The highest BCUT2D eigenvalue weighted by Crippen LogP contribution is 2.17. The third kappa shape index (κ3) is 3.97. The summed E-state index contributed by atoms with van der Waals surface area (Å²) in [7, 11) is 0. The van der Waals surface area contributed by atoms with Crippen LogP contribution in [0.3, 0.4) is 0 Å². The fourth-order valence-electron chi connectivity index (χ4n) is 2.17. The molecule has 94 valence electrons. The molecule has 2 rings (SSSR count). The first kappa shape index (κ1) is 12.3. The van der Waals surface area contributed by atoms with E-state index in [4.69, 9.17) is 4.74 Å². The standard InChI is InChI=1S/C13H17F2NO/c14-10-7-11(15)9-13(8-10)17-6-5-16-12-3-1-2-4-12/h7-9,12,16H,1-6H2. The molecule has 0 unspecified atom stereocenters. The van der Waals surface area contributed by atoms with Gasteiger partial charge in [0.1, 0.15) is 24.0 Å². The van der Waals surface area contributed by atoms with Gasteiger partial charge in [0.2, 0.25) is 0 Å². The molecule has 0 amide bonds. The zero-order valence-corrected chi connectivity index (χ0v) is 9.72. The van der Waals surface area contributed by atoms with E-state index in [0.717, 1.165) is 6.07 Å². The molecule has 1 aliphatic carbocycles. The largest absolute Gasteiger partial charge is 0.492 e. The van der Waals surface area contributed by atoms with Gasteiger partial charge in [-0.25, -0.2) is 8.78 Å². The highest BCUT2D eigenvalue weighted by atomic mass is 19.1. The average Bonchev–Trinajstić information content (AvgIpc) is 2.76. The van der Waals surface area contributed by atoms with E-state index >= 15 is 0 Å². The Balaban J connectivity index is 1.70. The number of halogens is 2. The fraction of sp³-hybridized carbons (Fsp3) is 0.538. The molecule has 1 saturated carbocycles. The number of rotatable bonds is 5. The van der Waals surface area contributed by atoms with Crippen molar-refractivity contribution in [2.24, 2.45) is 0 Å². The predicted molar refractivity (Wildman–Crippen MR) is 62.1 cm³/mol. The summed E-state index contributed by atoms with van der Waals surface area (Å²) in [6.07, 6.45) is 5.00. The van der Waals surface area contributed by atoms with Gasteiger partial charge < -0.3 is 10.1 Å². The Hall–Kier alpha value is -1.16. The summed E-state index contributed by atoms with van der Waals surface area (Å²) in [5.74, 6) is -0.969. The Morgan fingerprint density at radius 3 is 2.41 bits per heavy atom. The molecule has 1 N–H and O–H groups in total. The van der Waals surface area contributed by atoms with Crippen LogP contribution in [-0.4, -0.2) is 19.2 Å². The lowest BCUT2D eigenvalue weighted by Crippen LogP contribution is -2.30. The predicted octanol–water partition coefficient (Wildman–Crippen LogP) is 2.88. The van der Waals surface area contributed by atoms with Gasteiger partial charge in [-0.1, -0.05) is 12.8 Å². The Bertz CT molecular complexity index is 344. The van der Waals surface area contributed by atoms with Crippen LogP contribution < -0.4 is 10.1 Å². The summed E-state index contributed by atoms with van der Waals surface area (Å²) < 4.78 is 31.0. The molecule has 17 heavy (non-hydrogen) atoms. The maximum atomic E-state index is 12.8. The summed E-state index contributed by atoms with van der Waals surface area (Å²) in [6, 6.07) is 3.81. The average molecular weight is 241 g/mol. The first-order valence-corrected chi connectivity index (χ1v) is 6.06. The van der Waals surface area contributed by atoms with E-state index in [2.05, 4.69) is 5.32 Å². The molecule has 0 aliphatic heterocycles. The summed E-state index contributed by atoms with van der Waals surface area (Å²) in [5, 5.41) is 3.37. The highest BCUT2D eigenvalue weighted by molar-refractivity contribution is 5.23. The second-order valence-corrected chi connectivity index (χ2v) is 4.39. The van der Waals surface area contributed by atoms with E-state index in [9.17, 15) is 8.78 Å². The summed E-state index contributed by atoms with van der Waals surface area (Å²) in [4.78, 5) is 0. The minimum atomic E-state index is -0.608. The SMILES string of the molecule is Fc1cc(F)cc(OCCNC2CCCC2)c1. The monoisotopic (exact) mass is 241 g/mol. The van der Waals surface area contributed by atoms with E-state index in [-0.39, 0.29) is 5.75 Å². The molecule has 0 atom stereocenters. The van der Waals surface area contributed by atoms with Gasteiger partial charge in [0.25, 0.3) is 0 Å². The molecule has 1 fully saturated rings. The first-order valence-electron chi connectivity index (χ1n) is 6.06. The smallest absolute Gasteiger partial charge is 0.129 e. The van der Waals surface area contributed by atoms with Crippen LogP contribution >= 0.6 is 0 Å². The van der Waals surface area contributed by atoms with E-state index in [1.807, 2.05) is 0 Å². The third-order valence-electron chi connectivity index (χ3n) is 3.00. The maximum absolute atomic E-state index is 12.8. The van der Waals surface area contributed by atoms with Gasteiger partial charge in [0.15, 0.2) is 0 Å². The van der Waals surface area contributed by atoms with Crippen molar-refractivity contribution in [3.8, 4) is 5.75 Å². The number of ether oxygens (including phenoxy) is 1. The van der Waals surface area contributed by atoms with E-state index < -0.39 is 11.6 Å². The molecule has 0 radical (unpaired) electrons. The lowest BCUT2D eigenvalue weighted by molar-refractivity contribution is 0.302. The zero-order valence-electron chi connectivity index (χ0n) is 9.72. The third-order valence-corrected chi connectivity index (χ3v) is 3.00. The van der Waals surface area contributed by atoms with Gasteiger partial charge in [-0.2, -0.15) is 0 Å². The Labute approximate surface area is 100.0 Å². The van der Waals surface area contributed by atoms with Crippen LogP contribution in [-0.2, 0) is 0 Å². The van der Waals surface area contributed by atoms with Crippen molar-refractivity contribution in [1.29, 1.82) is 0 Å². The highest BCUT2D eigenvalue weighted by Gasteiger charge is 2.13. The minimum Gasteiger partial charge on any atom is -0.492 e. The second kappa shape index (κ2) is 5.96. The summed E-state index contributed by atoms with van der Waals surface area (Å²) in [5.41, 5.74) is 0.